The van der Waals surface area contributed by atoms with Crippen LogP contribution in [0.4, 0.5) is 4.79 Å². The highest BCUT2D eigenvalue weighted by Crippen LogP contribution is 2.26. The molecule has 3 aromatic heterocycles. The molecule has 3 heterocycles. The second kappa shape index (κ2) is 10.7. The Balaban J connectivity index is 1.40. The smallest absolute Gasteiger partial charge is 0.407 e. The first-order valence-electron chi connectivity index (χ1n) is 11.9. The number of carbonyl (C=O) groups is 1. The van der Waals surface area contributed by atoms with Crippen molar-refractivity contribution in [1.82, 2.24) is 30.3 Å². The summed E-state index contributed by atoms with van der Waals surface area (Å²) in [4.78, 5) is 16.8. The van der Waals surface area contributed by atoms with Crippen LogP contribution in [0.5, 0.6) is 11.8 Å². The summed E-state index contributed by atoms with van der Waals surface area (Å²) in [7, 11) is 1.57. The van der Waals surface area contributed by atoms with Crippen molar-refractivity contribution in [2.75, 3.05) is 7.11 Å². The number of amides is 1. The van der Waals surface area contributed by atoms with Crippen LogP contribution in [-0.4, -0.2) is 55.9 Å². The van der Waals surface area contributed by atoms with Gasteiger partial charge in [0.05, 0.1) is 12.8 Å². The van der Waals surface area contributed by atoms with Crippen molar-refractivity contribution in [2.24, 2.45) is 0 Å². The molecule has 0 bridgehead atoms. The Morgan fingerprint density at radius 3 is 2.57 bits per heavy atom. The van der Waals surface area contributed by atoms with E-state index in [4.69, 9.17) is 14.2 Å². The summed E-state index contributed by atoms with van der Waals surface area (Å²) in [6.07, 6.45) is 7.58. The van der Waals surface area contributed by atoms with Crippen molar-refractivity contribution < 1.29 is 19.0 Å². The van der Waals surface area contributed by atoms with Gasteiger partial charge in [-0.05, 0) is 64.3 Å². The molecule has 1 aliphatic rings. The zero-order chi connectivity index (χ0) is 24.8. The SMILES string of the molecule is COc1nc(-c2ccc(O[C@H]3CCCCC(NC(=O)OC(C)(C)C)C3)nn2)ccc1-n1cccn1. The number of rotatable bonds is 6. The first-order chi connectivity index (χ1) is 16.8. The first kappa shape index (κ1) is 24.4. The van der Waals surface area contributed by atoms with Gasteiger partial charge in [0.15, 0.2) is 0 Å². The van der Waals surface area contributed by atoms with Gasteiger partial charge in [0.25, 0.3) is 0 Å². The van der Waals surface area contributed by atoms with Crippen LogP contribution in [0.2, 0.25) is 0 Å². The van der Waals surface area contributed by atoms with Crippen LogP contribution in [0.25, 0.3) is 17.1 Å². The van der Waals surface area contributed by atoms with Crippen molar-refractivity contribution in [1.29, 1.82) is 0 Å². The van der Waals surface area contributed by atoms with E-state index in [0.29, 0.717) is 29.6 Å². The number of nitrogens with zero attached hydrogens (tertiary/aromatic N) is 5. The van der Waals surface area contributed by atoms with Crippen molar-refractivity contribution in [3.63, 3.8) is 0 Å². The van der Waals surface area contributed by atoms with Gasteiger partial charge in [0.1, 0.15) is 23.1 Å². The normalized spacial score (nSPS) is 18.4. The quantitative estimate of drug-likeness (QED) is 0.519. The minimum Gasteiger partial charge on any atom is -0.479 e. The third kappa shape index (κ3) is 6.68. The van der Waals surface area contributed by atoms with Gasteiger partial charge in [-0.3, -0.25) is 0 Å². The van der Waals surface area contributed by atoms with E-state index in [0.717, 1.165) is 31.4 Å². The molecule has 3 aromatic rings. The molecule has 0 saturated heterocycles. The van der Waals surface area contributed by atoms with E-state index < -0.39 is 11.7 Å². The van der Waals surface area contributed by atoms with Crippen molar-refractivity contribution >= 4 is 6.09 Å². The Morgan fingerprint density at radius 2 is 1.89 bits per heavy atom. The molecular formula is C25H32N6O4. The molecule has 0 aromatic carbocycles. The summed E-state index contributed by atoms with van der Waals surface area (Å²) >= 11 is 0. The largest absolute Gasteiger partial charge is 0.479 e. The van der Waals surface area contributed by atoms with Gasteiger partial charge in [-0.15, -0.1) is 10.2 Å². The molecule has 10 heteroatoms. The van der Waals surface area contributed by atoms with Gasteiger partial charge >= 0.3 is 6.09 Å². The first-order valence-corrected chi connectivity index (χ1v) is 11.9. The number of methoxy groups -OCH3 is 1. The molecule has 0 spiro atoms. The third-order valence-corrected chi connectivity index (χ3v) is 5.57. The van der Waals surface area contributed by atoms with Gasteiger partial charge in [-0.2, -0.15) is 5.10 Å². The predicted molar refractivity (Wildman–Crippen MR) is 130 cm³/mol. The average Bonchev–Trinajstić information content (AvgIpc) is 3.26. The molecular weight excluding hydrogens is 448 g/mol. The van der Waals surface area contributed by atoms with Gasteiger partial charge < -0.3 is 19.5 Å². The molecule has 2 atom stereocenters. The fourth-order valence-electron chi connectivity index (χ4n) is 4.03. The second-order valence-corrected chi connectivity index (χ2v) is 9.54. The summed E-state index contributed by atoms with van der Waals surface area (Å²) in [6.45, 7) is 5.56. The maximum atomic E-state index is 12.2. The molecule has 1 aliphatic carbocycles. The molecule has 0 aliphatic heterocycles. The van der Waals surface area contributed by atoms with E-state index in [9.17, 15) is 4.79 Å². The summed E-state index contributed by atoms with van der Waals surface area (Å²) in [5, 5.41) is 15.8. The highest BCUT2D eigenvalue weighted by molar-refractivity contribution is 5.68. The van der Waals surface area contributed by atoms with Gasteiger partial charge in [0, 0.05) is 30.9 Å². The summed E-state index contributed by atoms with van der Waals surface area (Å²) in [6, 6.07) is 9.17. The van der Waals surface area contributed by atoms with E-state index in [1.807, 2.05) is 51.2 Å². The lowest BCUT2D eigenvalue weighted by Crippen LogP contribution is -2.40. The van der Waals surface area contributed by atoms with Crippen LogP contribution >= 0.6 is 0 Å². The Labute approximate surface area is 205 Å². The van der Waals surface area contributed by atoms with Gasteiger partial charge in [-0.25, -0.2) is 14.5 Å². The number of ether oxygens (including phenoxy) is 3. The number of hydrogen-bond acceptors (Lipinski definition) is 8. The molecule has 1 amide bonds. The number of carbonyl (C=O) groups excluding carboxylic acids is 1. The number of aromatic nitrogens is 5. The molecule has 1 saturated carbocycles. The van der Waals surface area contributed by atoms with E-state index >= 15 is 0 Å². The molecule has 1 unspecified atom stereocenters. The van der Waals surface area contributed by atoms with Crippen LogP contribution < -0.4 is 14.8 Å². The highest BCUT2D eigenvalue weighted by atomic mass is 16.6. The van der Waals surface area contributed by atoms with E-state index in [1.54, 1.807) is 24.1 Å². The van der Waals surface area contributed by atoms with E-state index in [2.05, 4.69) is 25.6 Å². The average molecular weight is 481 g/mol. The van der Waals surface area contributed by atoms with Crippen LogP contribution in [-0.2, 0) is 4.74 Å². The van der Waals surface area contributed by atoms with Crippen LogP contribution in [0.1, 0.15) is 52.9 Å². The molecule has 0 radical (unpaired) electrons. The number of nitrogens with one attached hydrogen (secondary N) is 1. The lowest BCUT2D eigenvalue weighted by Gasteiger charge is -2.24. The zero-order valence-electron chi connectivity index (χ0n) is 20.6. The summed E-state index contributed by atoms with van der Waals surface area (Å²) in [5.74, 6) is 0.882. The van der Waals surface area contributed by atoms with Crippen molar-refractivity contribution in [3.8, 4) is 28.8 Å². The van der Waals surface area contributed by atoms with E-state index in [-0.39, 0.29) is 12.1 Å². The van der Waals surface area contributed by atoms with Gasteiger partial charge in [0.2, 0.25) is 11.8 Å². The minimum absolute atomic E-state index is 0.00505. The molecule has 35 heavy (non-hydrogen) atoms. The maximum Gasteiger partial charge on any atom is 0.407 e. The molecule has 186 valence electrons. The number of alkyl carbamates (subject to hydrolysis) is 1. The molecule has 1 N–H and O–H groups in total. The Bertz CT molecular complexity index is 1110. The van der Waals surface area contributed by atoms with Crippen LogP contribution in [0.3, 0.4) is 0 Å². The minimum atomic E-state index is -0.527. The Kier molecular flexibility index (Phi) is 7.48. The van der Waals surface area contributed by atoms with Crippen LogP contribution in [0, 0.1) is 0 Å². The van der Waals surface area contributed by atoms with Gasteiger partial charge in [-0.1, -0.05) is 6.42 Å². The van der Waals surface area contributed by atoms with Crippen molar-refractivity contribution in [3.05, 3.63) is 42.7 Å². The summed E-state index contributed by atoms with van der Waals surface area (Å²) < 4.78 is 18.7. The monoisotopic (exact) mass is 480 g/mol. The fourth-order valence-corrected chi connectivity index (χ4v) is 4.03. The predicted octanol–water partition coefficient (Wildman–Crippen LogP) is 4.34. The molecule has 1 fully saturated rings. The zero-order valence-corrected chi connectivity index (χ0v) is 20.6. The lowest BCUT2D eigenvalue weighted by molar-refractivity contribution is 0.0488. The van der Waals surface area contributed by atoms with E-state index in [1.165, 1.54) is 0 Å². The number of hydrogen-bond donors (Lipinski definition) is 1. The van der Waals surface area contributed by atoms with Crippen molar-refractivity contribution in [2.45, 2.75) is 70.6 Å². The lowest BCUT2D eigenvalue weighted by atomic mass is 10.1. The molecule has 4 rings (SSSR count). The fraction of sp³-hybridized carbons (Fsp3) is 0.480. The third-order valence-electron chi connectivity index (χ3n) is 5.57. The second-order valence-electron chi connectivity index (χ2n) is 9.54. The summed E-state index contributed by atoms with van der Waals surface area (Å²) in [5.41, 5.74) is 1.44. The Hall–Kier alpha value is -3.69. The number of pyridine rings is 1. The Morgan fingerprint density at radius 1 is 1.09 bits per heavy atom. The van der Waals surface area contributed by atoms with Crippen LogP contribution in [0.15, 0.2) is 42.7 Å². The topological polar surface area (TPSA) is 113 Å². The maximum absolute atomic E-state index is 12.2. The standard InChI is InChI=1S/C25H32N6O4/c1-25(2,3)35-24(32)27-17-8-5-6-9-18(16-17)34-22-13-11-20(29-30-22)19-10-12-21(23(28-19)33-4)31-15-7-14-26-31/h7,10-15,17-18H,5-6,8-9,16H2,1-4H3,(H,27,32)/t17?,18-/m0/s1. The molecule has 10 nitrogen and oxygen atoms in total. The highest BCUT2D eigenvalue weighted by Gasteiger charge is 2.25.